The van der Waals surface area contributed by atoms with Crippen LogP contribution in [-0.4, -0.2) is 9.97 Å². The van der Waals surface area contributed by atoms with Crippen LogP contribution < -0.4 is 5.69 Å². The Balaban J connectivity index is 2.39. The summed E-state index contributed by atoms with van der Waals surface area (Å²) < 4.78 is 1.03. The summed E-state index contributed by atoms with van der Waals surface area (Å²) in [5.41, 5.74) is 2.71. The number of fused-ring (bicyclic) bond motifs is 1. The molecule has 0 fully saturated rings. The molecule has 1 aromatic heterocycles. The Labute approximate surface area is 116 Å². The van der Waals surface area contributed by atoms with Gasteiger partial charge in [-0.05, 0) is 24.1 Å². The molecule has 17 heavy (non-hydrogen) atoms. The molecule has 3 nitrogen and oxygen atoms in total. The third-order valence-electron chi connectivity index (χ3n) is 2.78. The summed E-state index contributed by atoms with van der Waals surface area (Å²) >= 11 is 7.25. The first kappa shape index (κ1) is 12.9. The predicted molar refractivity (Wildman–Crippen MR) is 77.8 cm³/mol. The maximum absolute atomic E-state index is 11.2. The maximum atomic E-state index is 11.2. The molecule has 5 heteroatoms. The molecule has 2 rings (SSSR count). The SMILES string of the molecule is CCCCC(Br)c1cc2[nH]c(=O)[nH]c2cc1Br. The number of benzene rings is 1. The van der Waals surface area contributed by atoms with Gasteiger partial charge in [0.1, 0.15) is 0 Å². The minimum Gasteiger partial charge on any atom is -0.306 e. The molecule has 0 radical (unpaired) electrons. The highest BCUT2D eigenvalue weighted by Crippen LogP contribution is 2.35. The lowest BCUT2D eigenvalue weighted by atomic mass is 10.1. The largest absolute Gasteiger partial charge is 0.323 e. The lowest BCUT2D eigenvalue weighted by Gasteiger charge is -2.11. The Morgan fingerprint density at radius 1 is 1.29 bits per heavy atom. The second-order valence-corrected chi connectivity index (χ2v) is 6.07. The standard InChI is InChI=1S/C12H14Br2N2O/c1-2-3-4-8(13)7-5-10-11(6-9(7)14)16-12(17)15-10/h5-6,8H,2-4H2,1H3,(H2,15,16,17). The summed E-state index contributed by atoms with van der Waals surface area (Å²) in [5, 5.41) is 0. The summed E-state index contributed by atoms with van der Waals surface area (Å²) in [6.45, 7) is 2.18. The van der Waals surface area contributed by atoms with Crippen molar-refractivity contribution in [3.05, 3.63) is 32.7 Å². The number of unbranched alkanes of at least 4 members (excludes halogenated alkanes) is 1. The van der Waals surface area contributed by atoms with Crippen LogP contribution in [0.25, 0.3) is 11.0 Å². The van der Waals surface area contributed by atoms with Crippen molar-refractivity contribution in [2.24, 2.45) is 0 Å². The molecule has 92 valence electrons. The number of rotatable bonds is 4. The minimum absolute atomic E-state index is 0.163. The van der Waals surface area contributed by atoms with Gasteiger partial charge in [0.15, 0.2) is 0 Å². The molecule has 0 bridgehead atoms. The van der Waals surface area contributed by atoms with Crippen LogP contribution in [-0.2, 0) is 0 Å². The smallest absolute Gasteiger partial charge is 0.306 e. The molecule has 1 atom stereocenters. The molecule has 0 amide bonds. The van der Waals surface area contributed by atoms with E-state index in [0.717, 1.165) is 21.9 Å². The first-order valence-electron chi connectivity index (χ1n) is 5.67. The molecule has 0 aliphatic rings. The molecule has 0 spiro atoms. The number of imidazole rings is 1. The number of alkyl halides is 1. The van der Waals surface area contributed by atoms with Gasteiger partial charge in [-0.25, -0.2) is 4.79 Å². The fourth-order valence-corrected chi connectivity index (χ4v) is 3.48. The van der Waals surface area contributed by atoms with E-state index in [9.17, 15) is 4.79 Å². The molecule has 2 N–H and O–H groups in total. The van der Waals surface area contributed by atoms with Crippen LogP contribution in [0.1, 0.15) is 36.6 Å². The molecule has 0 saturated heterocycles. The van der Waals surface area contributed by atoms with Crippen LogP contribution in [0.2, 0.25) is 0 Å². The Morgan fingerprint density at radius 2 is 1.94 bits per heavy atom. The molecule has 0 aliphatic carbocycles. The second kappa shape index (κ2) is 5.40. The van der Waals surface area contributed by atoms with Crippen LogP contribution in [0.15, 0.2) is 21.4 Å². The number of halogens is 2. The Kier molecular flexibility index (Phi) is 4.09. The molecule has 0 saturated carbocycles. The Morgan fingerprint density at radius 3 is 2.59 bits per heavy atom. The fraction of sp³-hybridized carbons (Fsp3) is 0.417. The van der Waals surface area contributed by atoms with E-state index in [2.05, 4.69) is 48.8 Å². The highest BCUT2D eigenvalue weighted by atomic mass is 79.9. The first-order chi connectivity index (χ1) is 8.11. The van der Waals surface area contributed by atoms with Crippen LogP contribution in [0.4, 0.5) is 0 Å². The van der Waals surface area contributed by atoms with Gasteiger partial charge in [-0.15, -0.1) is 0 Å². The topological polar surface area (TPSA) is 48.6 Å². The van der Waals surface area contributed by atoms with E-state index in [-0.39, 0.29) is 5.69 Å². The van der Waals surface area contributed by atoms with Gasteiger partial charge in [-0.3, -0.25) is 0 Å². The zero-order chi connectivity index (χ0) is 12.4. The van der Waals surface area contributed by atoms with Gasteiger partial charge in [0.25, 0.3) is 0 Å². The molecule has 1 unspecified atom stereocenters. The third-order valence-corrected chi connectivity index (χ3v) is 4.42. The van der Waals surface area contributed by atoms with E-state index in [0.29, 0.717) is 4.83 Å². The van der Waals surface area contributed by atoms with Crippen molar-refractivity contribution in [2.75, 3.05) is 0 Å². The number of H-pyrrole nitrogens is 2. The summed E-state index contributed by atoms with van der Waals surface area (Å²) in [5.74, 6) is 0. The molecular weight excluding hydrogens is 348 g/mol. The van der Waals surface area contributed by atoms with E-state index >= 15 is 0 Å². The van der Waals surface area contributed by atoms with Gasteiger partial charge in [-0.1, -0.05) is 51.6 Å². The van der Waals surface area contributed by atoms with E-state index in [1.165, 1.54) is 18.4 Å². The number of aromatic amines is 2. The summed E-state index contributed by atoms with van der Waals surface area (Å²) in [6.07, 6.45) is 3.46. The van der Waals surface area contributed by atoms with Crippen molar-refractivity contribution in [1.29, 1.82) is 0 Å². The van der Waals surface area contributed by atoms with Crippen molar-refractivity contribution >= 4 is 42.9 Å². The minimum atomic E-state index is -0.163. The van der Waals surface area contributed by atoms with Crippen LogP contribution >= 0.6 is 31.9 Å². The maximum Gasteiger partial charge on any atom is 0.323 e. The zero-order valence-electron chi connectivity index (χ0n) is 9.52. The van der Waals surface area contributed by atoms with Gasteiger partial charge in [0, 0.05) is 9.30 Å². The highest BCUT2D eigenvalue weighted by molar-refractivity contribution is 9.11. The lowest BCUT2D eigenvalue weighted by Crippen LogP contribution is -1.99. The third kappa shape index (κ3) is 2.83. The van der Waals surface area contributed by atoms with Crippen LogP contribution in [0.5, 0.6) is 0 Å². The second-order valence-electron chi connectivity index (χ2n) is 4.11. The van der Waals surface area contributed by atoms with E-state index in [4.69, 9.17) is 0 Å². The summed E-state index contributed by atoms with van der Waals surface area (Å²) in [7, 11) is 0. The van der Waals surface area contributed by atoms with Gasteiger partial charge < -0.3 is 9.97 Å². The molecular formula is C12H14Br2N2O. The molecule has 1 aromatic carbocycles. The average Bonchev–Trinajstić information content (AvgIpc) is 2.64. The zero-order valence-corrected chi connectivity index (χ0v) is 12.7. The van der Waals surface area contributed by atoms with E-state index < -0.39 is 0 Å². The van der Waals surface area contributed by atoms with Gasteiger partial charge in [0.2, 0.25) is 0 Å². The monoisotopic (exact) mass is 360 g/mol. The average molecular weight is 362 g/mol. The van der Waals surface area contributed by atoms with Crippen molar-refractivity contribution in [3.63, 3.8) is 0 Å². The van der Waals surface area contributed by atoms with Gasteiger partial charge >= 0.3 is 5.69 Å². The van der Waals surface area contributed by atoms with E-state index in [1.807, 2.05) is 12.1 Å². The number of nitrogens with one attached hydrogen (secondary N) is 2. The Hall–Kier alpha value is -0.550. The van der Waals surface area contributed by atoms with Crippen LogP contribution in [0.3, 0.4) is 0 Å². The van der Waals surface area contributed by atoms with Crippen molar-refractivity contribution in [1.82, 2.24) is 9.97 Å². The van der Waals surface area contributed by atoms with Crippen molar-refractivity contribution < 1.29 is 0 Å². The quantitative estimate of drug-likeness (QED) is 0.786. The lowest BCUT2D eigenvalue weighted by molar-refractivity contribution is 0.712. The first-order valence-corrected chi connectivity index (χ1v) is 7.38. The van der Waals surface area contributed by atoms with Crippen LogP contribution in [0, 0.1) is 0 Å². The summed E-state index contributed by atoms with van der Waals surface area (Å²) in [6, 6.07) is 3.97. The molecule has 1 heterocycles. The van der Waals surface area contributed by atoms with Crippen molar-refractivity contribution in [2.45, 2.75) is 31.0 Å². The summed E-state index contributed by atoms with van der Waals surface area (Å²) in [4.78, 5) is 17.1. The van der Waals surface area contributed by atoms with Gasteiger partial charge in [0.05, 0.1) is 11.0 Å². The number of hydrogen-bond donors (Lipinski definition) is 2. The molecule has 0 aliphatic heterocycles. The Bertz CT molecular complexity index is 573. The fourth-order valence-electron chi connectivity index (χ4n) is 1.85. The van der Waals surface area contributed by atoms with E-state index in [1.54, 1.807) is 0 Å². The highest BCUT2D eigenvalue weighted by Gasteiger charge is 2.13. The van der Waals surface area contributed by atoms with Crippen molar-refractivity contribution in [3.8, 4) is 0 Å². The number of hydrogen-bond acceptors (Lipinski definition) is 1. The normalized spacial score (nSPS) is 13.1. The molecule has 2 aromatic rings. The predicted octanol–water partition coefficient (Wildman–Crippen LogP) is 4.24. The van der Waals surface area contributed by atoms with Gasteiger partial charge in [-0.2, -0.15) is 0 Å². The number of aromatic nitrogens is 2.